The molecule has 20 heavy (non-hydrogen) atoms. The molecule has 7 nitrogen and oxygen atoms in total. The van der Waals surface area contributed by atoms with Gasteiger partial charge in [-0.15, -0.1) is 0 Å². The van der Waals surface area contributed by atoms with Gasteiger partial charge in [0, 0.05) is 13.1 Å². The summed E-state index contributed by atoms with van der Waals surface area (Å²) in [5, 5.41) is 24.3. The van der Waals surface area contributed by atoms with Gasteiger partial charge in [0.15, 0.2) is 0 Å². The van der Waals surface area contributed by atoms with Crippen LogP contribution in [-0.4, -0.2) is 45.4 Å². The van der Waals surface area contributed by atoms with Crippen LogP contribution in [0.2, 0.25) is 0 Å². The smallest absolute Gasteiger partial charge is 0.331 e. The van der Waals surface area contributed by atoms with Crippen molar-refractivity contribution in [1.82, 2.24) is 9.78 Å². The highest BCUT2D eigenvalue weighted by Gasteiger charge is 2.28. The summed E-state index contributed by atoms with van der Waals surface area (Å²) in [6.07, 6.45) is -0.377. The van der Waals surface area contributed by atoms with E-state index in [4.69, 9.17) is 0 Å². The van der Waals surface area contributed by atoms with Crippen molar-refractivity contribution in [3.63, 3.8) is 0 Å². The van der Waals surface area contributed by atoms with Crippen molar-refractivity contribution in [2.24, 2.45) is 0 Å². The maximum absolute atomic E-state index is 12.5. The van der Waals surface area contributed by atoms with E-state index in [9.17, 15) is 24.0 Å². The van der Waals surface area contributed by atoms with Gasteiger partial charge in [-0.25, -0.2) is 13.5 Å². The van der Waals surface area contributed by atoms with Crippen molar-refractivity contribution in [2.45, 2.75) is 38.3 Å². The van der Waals surface area contributed by atoms with Crippen LogP contribution >= 0.6 is 0 Å². The van der Waals surface area contributed by atoms with Gasteiger partial charge in [-0.2, -0.15) is 5.10 Å². The molecule has 9 heteroatoms. The number of nitrogens with zero attached hydrogens (tertiary/aromatic N) is 4. The molecule has 1 aromatic rings. The van der Waals surface area contributed by atoms with Crippen molar-refractivity contribution in [2.75, 3.05) is 18.0 Å². The Morgan fingerprint density at radius 1 is 1.50 bits per heavy atom. The fourth-order valence-corrected chi connectivity index (χ4v) is 2.38. The maximum Gasteiger partial charge on any atom is 0.331 e. The molecule has 0 saturated carbocycles. The highest BCUT2D eigenvalue weighted by Crippen LogP contribution is 2.30. The Morgan fingerprint density at radius 2 is 2.25 bits per heavy atom. The Balaban J connectivity index is 2.31. The van der Waals surface area contributed by atoms with Crippen molar-refractivity contribution >= 4 is 11.5 Å². The maximum atomic E-state index is 12.5. The van der Waals surface area contributed by atoms with Crippen LogP contribution < -0.4 is 4.90 Å². The number of aliphatic hydroxyl groups is 1. The Bertz CT molecular complexity index is 480. The summed E-state index contributed by atoms with van der Waals surface area (Å²) >= 11 is 0. The van der Waals surface area contributed by atoms with Crippen LogP contribution in [0.15, 0.2) is 6.20 Å². The lowest BCUT2D eigenvalue weighted by Crippen LogP contribution is -2.28. The Kier molecular flexibility index (Phi) is 4.48. The van der Waals surface area contributed by atoms with Crippen LogP contribution in [0.5, 0.6) is 0 Å². The van der Waals surface area contributed by atoms with Gasteiger partial charge >= 0.3 is 5.69 Å². The number of nitro groups is 1. The second-order valence-corrected chi connectivity index (χ2v) is 4.76. The third-order valence-electron chi connectivity index (χ3n) is 3.30. The van der Waals surface area contributed by atoms with E-state index in [2.05, 4.69) is 5.10 Å². The zero-order valence-corrected chi connectivity index (χ0v) is 10.8. The largest absolute Gasteiger partial charge is 0.393 e. The summed E-state index contributed by atoms with van der Waals surface area (Å²) < 4.78 is 26.0. The summed E-state index contributed by atoms with van der Waals surface area (Å²) in [5.41, 5.74) is -0.276. The van der Waals surface area contributed by atoms with Crippen LogP contribution in [-0.2, 0) is 6.54 Å². The van der Waals surface area contributed by atoms with Crippen LogP contribution in [0, 0.1) is 10.1 Å². The number of aromatic nitrogens is 2. The van der Waals surface area contributed by atoms with Crippen molar-refractivity contribution < 1.29 is 18.8 Å². The molecule has 1 fully saturated rings. The number of aliphatic hydroxyl groups excluding tert-OH is 1. The Hall–Kier alpha value is -1.77. The molecule has 0 spiro atoms. The van der Waals surface area contributed by atoms with Gasteiger partial charge in [-0.3, -0.25) is 10.1 Å². The monoisotopic (exact) mass is 290 g/mol. The van der Waals surface area contributed by atoms with E-state index >= 15 is 0 Å². The van der Waals surface area contributed by atoms with E-state index in [1.54, 1.807) is 4.90 Å². The molecular weight excluding hydrogens is 274 g/mol. The average Bonchev–Trinajstić information content (AvgIpc) is 2.64. The second kappa shape index (κ2) is 6.12. The molecule has 0 aromatic carbocycles. The summed E-state index contributed by atoms with van der Waals surface area (Å²) in [4.78, 5) is 12.0. The van der Waals surface area contributed by atoms with Gasteiger partial charge < -0.3 is 10.0 Å². The zero-order chi connectivity index (χ0) is 14.7. The van der Waals surface area contributed by atoms with Gasteiger partial charge in [0.1, 0.15) is 12.7 Å². The molecule has 2 heterocycles. The molecule has 0 radical (unpaired) electrons. The average molecular weight is 290 g/mol. The standard InChI is InChI=1S/C11H16F2N4O3/c12-10(13)7-16-11(9(6-14-16)17(19)20)15-4-1-2-8(18)3-5-15/h6,8,10,18H,1-5,7H2. The molecule has 1 atom stereocenters. The van der Waals surface area contributed by atoms with Crippen LogP contribution in [0.4, 0.5) is 20.3 Å². The van der Waals surface area contributed by atoms with E-state index in [1.165, 1.54) is 0 Å². The lowest BCUT2D eigenvalue weighted by Gasteiger charge is -2.22. The molecule has 1 aromatic heterocycles. The van der Waals surface area contributed by atoms with E-state index in [1.807, 2.05) is 0 Å². The van der Waals surface area contributed by atoms with Gasteiger partial charge in [0.2, 0.25) is 5.82 Å². The van der Waals surface area contributed by atoms with Crippen LogP contribution in [0.1, 0.15) is 19.3 Å². The number of halogens is 2. The summed E-state index contributed by atoms with van der Waals surface area (Å²) in [6, 6.07) is 0. The summed E-state index contributed by atoms with van der Waals surface area (Å²) in [5.74, 6) is 0.101. The second-order valence-electron chi connectivity index (χ2n) is 4.76. The van der Waals surface area contributed by atoms with Crippen molar-refractivity contribution in [1.29, 1.82) is 0 Å². The SMILES string of the molecule is O=[N+]([O-])c1cnn(CC(F)F)c1N1CCCC(O)CC1. The molecule has 1 unspecified atom stereocenters. The molecular formula is C11H16F2N4O3. The number of alkyl halides is 2. The first-order chi connectivity index (χ1) is 9.49. The molecule has 2 rings (SSSR count). The van der Waals surface area contributed by atoms with Crippen LogP contribution in [0.3, 0.4) is 0 Å². The third kappa shape index (κ3) is 3.21. The predicted molar refractivity (Wildman–Crippen MR) is 67.0 cm³/mol. The molecule has 1 aliphatic rings. The van der Waals surface area contributed by atoms with Gasteiger partial charge in [0.05, 0.1) is 11.0 Å². The highest BCUT2D eigenvalue weighted by atomic mass is 19.3. The fourth-order valence-electron chi connectivity index (χ4n) is 2.38. The molecule has 0 bridgehead atoms. The highest BCUT2D eigenvalue weighted by molar-refractivity contribution is 5.57. The molecule has 0 amide bonds. The predicted octanol–water partition coefficient (Wildman–Crippen LogP) is 1.41. The number of hydrogen-bond acceptors (Lipinski definition) is 5. The molecule has 112 valence electrons. The first kappa shape index (κ1) is 14.6. The minimum absolute atomic E-state index is 0.101. The first-order valence-electron chi connectivity index (χ1n) is 6.40. The quantitative estimate of drug-likeness (QED) is 0.669. The number of anilines is 1. The van der Waals surface area contributed by atoms with Gasteiger partial charge in [-0.1, -0.05) is 0 Å². The topological polar surface area (TPSA) is 84.4 Å². The number of hydrogen-bond donors (Lipinski definition) is 1. The van der Waals surface area contributed by atoms with Crippen LogP contribution in [0.25, 0.3) is 0 Å². The van der Waals surface area contributed by atoms with Gasteiger partial charge in [0.25, 0.3) is 6.43 Å². The first-order valence-corrected chi connectivity index (χ1v) is 6.40. The van der Waals surface area contributed by atoms with E-state index in [-0.39, 0.29) is 11.5 Å². The van der Waals surface area contributed by atoms with Crippen molar-refractivity contribution in [3.8, 4) is 0 Å². The van der Waals surface area contributed by atoms with E-state index in [0.717, 1.165) is 10.9 Å². The Morgan fingerprint density at radius 3 is 2.90 bits per heavy atom. The fraction of sp³-hybridized carbons (Fsp3) is 0.727. The molecule has 1 aliphatic heterocycles. The third-order valence-corrected chi connectivity index (χ3v) is 3.30. The summed E-state index contributed by atoms with van der Waals surface area (Å²) in [6.45, 7) is 0.187. The lowest BCUT2D eigenvalue weighted by atomic mass is 10.2. The van der Waals surface area contributed by atoms with E-state index in [0.29, 0.717) is 32.4 Å². The van der Waals surface area contributed by atoms with E-state index < -0.39 is 24.0 Å². The number of rotatable bonds is 4. The molecule has 0 aliphatic carbocycles. The minimum atomic E-state index is -2.63. The Labute approximate surface area is 113 Å². The normalized spacial score (nSPS) is 20.2. The van der Waals surface area contributed by atoms with Crippen molar-refractivity contribution in [3.05, 3.63) is 16.3 Å². The molecule has 1 N–H and O–H groups in total. The van der Waals surface area contributed by atoms with Gasteiger partial charge in [-0.05, 0) is 19.3 Å². The minimum Gasteiger partial charge on any atom is -0.393 e. The zero-order valence-electron chi connectivity index (χ0n) is 10.8. The molecule has 1 saturated heterocycles. The lowest BCUT2D eigenvalue weighted by molar-refractivity contribution is -0.384. The summed E-state index contributed by atoms with van der Waals surface area (Å²) in [7, 11) is 0.